The quantitative estimate of drug-likeness (QED) is 0.514. The molecule has 0 fully saturated rings. The Bertz CT molecular complexity index is 1030. The highest BCUT2D eigenvalue weighted by molar-refractivity contribution is 6.51. The summed E-state index contributed by atoms with van der Waals surface area (Å²) < 4.78 is 40.9. The molecule has 3 rings (SSSR count). The van der Waals surface area contributed by atoms with Crippen LogP contribution >= 0.6 is 11.6 Å². The van der Waals surface area contributed by atoms with Gasteiger partial charge in [0.25, 0.3) is 0 Å². The number of fused-ring (bicyclic) bond motifs is 1. The highest BCUT2D eigenvalue weighted by Crippen LogP contribution is 2.29. The molecule has 5 nitrogen and oxygen atoms in total. The second kappa shape index (κ2) is 6.38. The summed E-state index contributed by atoms with van der Waals surface area (Å²) in [4.78, 5) is 27.6. The van der Waals surface area contributed by atoms with Crippen LogP contribution in [0.1, 0.15) is 20.7 Å². The van der Waals surface area contributed by atoms with Crippen LogP contribution < -0.4 is 4.74 Å². The average Bonchev–Trinajstić information content (AvgIpc) is 2.97. The first-order valence-corrected chi connectivity index (χ1v) is 7.48. The number of rotatable bonds is 4. The number of aromatic amines is 1. The van der Waals surface area contributed by atoms with Gasteiger partial charge in [0.15, 0.2) is 0 Å². The number of aromatic hydroxyl groups is 1. The second-order valence-electron chi connectivity index (χ2n) is 5.28. The fraction of sp³-hybridized carbons (Fsp3) is 0.0588. The summed E-state index contributed by atoms with van der Waals surface area (Å²) in [7, 11) is 0. The lowest BCUT2D eigenvalue weighted by molar-refractivity contribution is -0.274. The number of alkyl halides is 3. The van der Waals surface area contributed by atoms with Gasteiger partial charge in [-0.05, 0) is 36.4 Å². The molecule has 0 aliphatic heterocycles. The molecule has 0 spiro atoms. The predicted octanol–water partition coefficient (Wildman–Crippen LogP) is 4.49. The molecule has 0 saturated heterocycles. The molecule has 0 aliphatic rings. The molecule has 0 radical (unpaired) electrons. The molecule has 0 aliphatic carbocycles. The van der Waals surface area contributed by atoms with Crippen molar-refractivity contribution in [3.63, 3.8) is 0 Å². The molecule has 3 aromatic rings. The zero-order chi connectivity index (χ0) is 19.1. The van der Waals surface area contributed by atoms with Crippen LogP contribution in [-0.4, -0.2) is 28.0 Å². The van der Waals surface area contributed by atoms with Gasteiger partial charge in [0.2, 0.25) is 11.6 Å². The average molecular weight is 384 g/mol. The lowest BCUT2D eigenvalue weighted by atomic mass is 10.0. The minimum atomic E-state index is -4.89. The molecule has 2 aromatic carbocycles. The Labute approximate surface area is 149 Å². The van der Waals surface area contributed by atoms with Gasteiger partial charge in [-0.15, -0.1) is 13.2 Å². The van der Waals surface area contributed by atoms with E-state index >= 15 is 0 Å². The molecular formula is C17H9ClF3NO4. The van der Waals surface area contributed by atoms with Crippen LogP contribution in [-0.2, 0) is 0 Å². The van der Waals surface area contributed by atoms with Crippen LogP contribution in [0.25, 0.3) is 10.9 Å². The van der Waals surface area contributed by atoms with Gasteiger partial charge < -0.3 is 14.8 Å². The molecule has 0 saturated carbocycles. The maximum atomic E-state index is 12.5. The monoisotopic (exact) mass is 383 g/mol. The van der Waals surface area contributed by atoms with Crippen molar-refractivity contribution >= 4 is 34.1 Å². The number of halogens is 4. The van der Waals surface area contributed by atoms with Gasteiger partial charge in [-0.2, -0.15) is 0 Å². The Morgan fingerprint density at radius 3 is 2.42 bits per heavy atom. The van der Waals surface area contributed by atoms with E-state index in [1.807, 2.05) is 0 Å². The number of carbonyl (C=O) groups is 2. The first kappa shape index (κ1) is 17.8. The number of carbonyl (C=O) groups excluding carboxylic acids is 2. The SMILES string of the molecule is O=C(C(=O)c1c[nH]c2ccc(OC(F)(F)F)cc12)c1cc(Cl)ccc1O. The molecule has 134 valence electrons. The molecule has 9 heteroatoms. The van der Waals surface area contributed by atoms with Crippen molar-refractivity contribution in [2.24, 2.45) is 0 Å². The third-order valence-electron chi connectivity index (χ3n) is 3.54. The van der Waals surface area contributed by atoms with Crippen molar-refractivity contribution in [1.29, 1.82) is 0 Å². The molecule has 0 unspecified atom stereocenters. The molecule has 1 heterocycles. The van der Waals surface area contributed by atoms with Gasteiger partial charge in [-0.3, -0.25) is 9.59 Å². The standard InChI is InChI=1S/C17H9ClF3NO4/c18-8-1-4-14(23)11(5-8)15(24)16(25)12-7-22-13-3-2-9(6-10(12)13)26-17(19,20)21/h1-7,22-23H. The first-order valence-electron chi connectivity index (χ1n) is 7.10. The van der Waals surface area contributed by atoms with E-state index in [-0.39, 0.29) is 21.5 Å². The number of benzene rings is 2. The van der Waals surface area contributed by atoms with Crippen LogP contribution in [0.15, 0.2) is 42.6 Å². The number of phenols is 1. The Morgan fingerprint density at radius 2 is 1.73 bits per heavy atom. The summed E-state index contributed by atoms with van der Waals surface area (Å²) >= 11 is 5.76. The number of ether oxygens (including phenoxy) is 1. The van der Waals surface area contributed by atoms with Crippen molar-refractivity contribution in [1.82, 2.24) is 4.98 Å². The van der Waals surface area contributed by atoms with Crippen molar-refractivity contribution in [3.05, 3.63) is 58.7 Å². The predicted molar refractivity (Wildman–Crippen MR) is 86.8 cm³/mol. The van der Waals surface area contributed by atoms with E-state index in [0.29, 0.717) is 5.52 Å². The van der Waals surface area contributed by atoms with Crippen LogP contribution in [0.4, 0.5) is 13.2 Å². The summed E-state index contributed by atoms with van der Waals surface area (Å²) in [5.74, 6) is -3.03. The van der Waals surface area contributed by atoms with Crippen LogP contribution in [0.2, 0.25) is 5.02 Å². The van der Waals surface area contributed by atoms with Gasteiger partial charge in [0, 0.05) is 22.1 Å². The summed E-state index contributed by atoms with van der Waals surface area (Å²) in [6.07, 6.45) is -3.69. The Hall–Kier alpha value is -3.00. The van der Waals surface area contributed by atoms with E-state index in [9.17, 15) is 27.9 Å². The molecule has 26 heavy (non-hydrogen) atoms. The third-order valence-corrected chi connectivity index (χ3v) is 3.78. The maximum absolute atomic E-state index is 12.5. The number of H-pyrrole nitrogens is 1. The molecule has 2 N–H and O–H groups in total. The zero-order valence-electron chi connectivity index (χ0n) is 12.7. The summed E-state index contributed by atoms with van der Waals surface area (Å²) in [5, 5.41) is 9.97. The van der Waals surface area contributed by atoms with E-state index in [2.05, 4.69) is 9.72 Å². The van der Waals surface area contributed by atoms with Gasteiger partial charge in [-0.25, -0.2) is 0 Å². The highest BCUT2D eigenvalue weighted by atomic mass is 35.5. The number of aromatic nitrogens is 1. The largest absolute Gasteiger partial charge is 0.573 e. The second-order valence-corrected chi connectivity index (χ2v) is 5.71. The fourth-order valence-electron chi connectivity index (χ4n) is 2.42. The molecule has 1 aromatic heterocycles. The van der Waals surface area contributed by atoms with Crippen molar-refractivity contribution in [3.8, 4) is 11.5 Å². The zero-order valence-corrected chi connectivity index (χ0v) is 13.5. The van der Waals surface area contributed by atoms with Crippen LogP contribution in [0.5, 0.6) is 11.5 Å². The Balaban J connectivity index is 2.01. The number of phenolic OH excluding ortho intramolecular Hbond substituents is 1. The van der Waals surface area contributed by atoms with E-state index < -0.39 is 29.4 Å². The van der Waals surface area contributed by atoms with Gasteiger partial charge in [-0.1, -0.05) is 11.6 Å². The van der Waals surface area contributed by atoms with E-state index in [0.717, 1.165) is 24.3 Å². The molecule has 0 amide bonds. The summed E-state index contributed by atoms with van der Waals surface area (Å²) in [6, 6.07) is 6.99. The number of nitrogens with one attached hydrogen (secondary N) is 1. The van der Waals surface area contributed by atoms with E-state index in [4.69, 9.17) is 11.6 Å². The smallest absolute Gasteiger partial charge is 0.507 e. The normalized spacial score (nSPS) is 11.5. The van der Waals surface area contributed by atoms with Gasteiger partial charge in [0.05, 0.1) is 11.1 Å². The Kier molecular flexibility index (Phi) is 4.37. The molecular weight excluding hydrogens is 375 g/mol. The number of hydrogen-bond donors (Lipinski definition) is 2. The van der Waals surface area contributed by atoms with Crippen LogP contribution in [0, 0.1) is 0 Å². The van der Waals surface area contributed by atoms with Crippen molar-refractivity contribution in [2.75, 3.05) is 0 Å². The van der Waals surface area contributed by atoms with E-state index in [1.165, 1.54) is 18.3 Å². The number of ketones is 2. The first-order chi connectivity index (χ1) is 12.2. The topological polar surface area (TPSA) is 79.4 Å². The lowest BCUT2D eigenvalue weighted by Gasteiger charge is -2.09. The minimum Gasteiger partial charge on any atom is -0.507 e. The Morgan fingerprint density at radius 1 is 1.04 bits per heavy atom. The van der Waals surface area contributed by atoms with Crippen LogP contribution in [0.3, 0.4) is 0 Å². The lowest BCUT2D eigenvalue weighted by Crippen LogP contribution is -2.17. The van der Waals surface area contributed by atoms with Gasteiger partial charge in [0.1, 0.15) is 11.5 Å². The molecule has 0 atom stereocenters. The van der Waals surface area contributed by atoms with E-state index in [1.54, 1.807) is 0 Å². The third kappa shape index (κ3) is 3.50. The fourth-order valence-corrected chi connectivity index (χ4v) is 2.59. The van der Waals surface area contributed by atoms with Crippen molar-refractivity contribution < 1.29 is 32.6 Å². The molecule has 0 bridgehead atoms. The van der Waals surface area contributed by atoms with Crippen molar-refractivity contribution in [2.45, 2.75) is 6.36 Å². The summed E-state index contributed by atoms with van der Waals surface area (Å²) in [5.41, 5.74) is -0.123. The number of hydrogen-bond acceptors (Lipinski definition) is 4. The number of Topliss-reactive ketones (excluding diaryl/α,β-unsaturated/α-hetero) is 2. The maximum Gasteiger partial charge on any atom is 0.573 e. The minimum absolute atomic E-state index is 0.0756. The highest BCUT2D eigenvalue weighted by Gasteiger charge is 2.31. The summed E-state index contributed by atoms with van der Waals surface area (Å²) in [6.45, 7) is 0. The van der Waals surface area contributed by atoms with Gasteiger partial charge >= 0.3 is 6.36 Å².